The number of ether oxygens (including phenoxy) is 2. The van der Waals surface area contributed by atoms with Gasteiger partial charge in [-0.2, -0.15) is 0 Å². The smallest absolute Gasteiger partial charge is 0.493 e. The summed E-state index contributed by atoms with van der Waals surface area (Å²) in [5.41, 5.74) is 0.151. The van der Waals surface area contributed by atoms with Gasteiger partial charge in [0.05, 0.1) is 18.3 Å². The highest BCUT2D eigenvalue weighted by atomic mass is 17.5. The molecule has 0 radical (unpaired) electrons. The van der Waals surface area contributed by atoms with Crippen molar-refractivity contribution in [3.63, 3.8) is 0 Å². The van der Waals surface area contributed by atoms with Crippen LogP contribution in [-0.4, -0.2) is 25.3 Å². The molecule has 0 aliphatic rings. The topological polar surface area (TPSA) is 80.3 Å². The van der Waals surface area contributed by atoms with Gasteiger partial charge in [0.2, 0.25) is 0 Å². The van der Waals surface area contributed by atoms with E-state index in [0.717, 1.165) is 0 Å². The first-order chi connectivity index (χ1) is 10.0. The molecule has 0 atom stereocenters. The third kappa shape index (κ3) is 6.13. The molecule has 116 valence electrons. The van der Waals surface area contributed by atoms with Crippen LogP contribution in [0.1, 0.15) is 31.1 Å². The molecule has 0 amide bonds. The molecule has 0 aromatic heterocycles. The van der Waals surface area contributed by atoms with Gasteiger partial charge in [0.1, 0.15) is 11.3 Å². The minimum Gasteiger partial charge on any atom is -0.493 e. The number of carbonyl (C=O) groups excluding carboxylic acids is 2. The molecule has 21 heavy (non-hydrogen) atoms. The van der Waals surface area contributed by atoms with Gasteiger partial charge in [-0.1, -0.05) is 26.0 Å². The van der Waals surface area contributed by atoms with E-state index < -0.39 is 12.1 Å². The predicted octanol–water partition coefficient (Wildman–Crippen LogP) is 2.90. The van der Waals surface area contributed by atoms with Gasteiger partial charge < -0.3 is 9.47 Å². The fourth-order valence-corrected chi connectivity index (χ4v) is 1.30. The molecule has 0 spiro atoms. The van der Waals surface area contributed by atoms with Crippen molar-refractivity contribution < 1.29 is 33.9 Å². The van der Waals surface area contributed by atoms with E-state index in [0.29, 0.717) is 12.4 Å². The molecule has 1 aromatic carbocycles. The lowest BCUT2D eigenvalue weighted by molar-refractivity contribution is -0.452. The second-order valence-corrected chi connectivity index (χ2v) is 4.41. The standard InChI is InChI=1S/C14H18O7/c1-4-17-12-8-6-5-7-11(12)13(15)19-21-20-14(16)18-9-10(2)3/h5-8,10H,4,9H2,1-3H3. The van der Waals surface area contributed by atoms with Crippen LogP contribution in [0.3, 0.4) is 0 Å². The maximum Gasteiger partial charge on any atom is 0.543 e. The molecule has 0 saturated carbocycles. The maximum atomic E-state index is 11.7. The monoisotopic (exact) mass is 298 g/mol. The average Bonchev–Trinajstić information content (AvgIpc) is 2.46. The summed E-state index contributed by atoms with van der Waals surface area (Å²) in [5, 5.41) is 4.10. The molecule has 0 N–H and O–H groups in total. The first kappa shape index (κ1) is 16.8. The highest BCUT2D eigenvalue weighted by molar-refractivity contribution is 5.92. The number of carbonyl (C=O) groups is 2. The first-order valence-corrected chi connectivity index (χ1v) is 6.48. The Morgan fingerprint density at radius 2 is 1.86 bits per heavy atom. The van der Waals surface area contributed by atoms with Crippen molar-refractivity contribution in [2.75, 3.05) is 13.2 Å². The van der Waals surface area contributed by atoms with Crippen LogP contribution in [-0.2, 0) is 19.6 Å². The van der Waals surface area contributed by atoms with Gasteiger partial charge in [-0.3, -0.25) is 4.89 Å². The summed E-state index contributed by atoms with van der Waals surface area (Å²) in [5.74, 6) is -0.357. The minimum absolute atomic E-state index is 0.151. The lowest BCUT2D eigenvalue weighted by Crippen LogP contribution is -2.14. The number of rotatable bonds is 7. The van der Waals surface area contributed by atoms with Crippen molar-refractivity contribution in [3.05, 3.63) is 29.8 Å². The van der Waals surface area contributed by atoms with Gasteiger partial charge >= 0.3 is 12.1 Å². The summed E-state index contributed by atoms with van der Waals surface area (Å²) >= 11 is 0. The van der Waals surface area contributed by atoms with E-state index >= 15 is 0 Å². The van der Waals surface area contributed by atoms with E-state index in [1.54, 1.807) is 25.1 Å². The van der Waals surface area contributed by atoms with Crippen molar-refractivity contribution in [2.45, 2.75) is 20.8 Å². The number of para-hydroxylation sites is 1. The van der Waals surface area contributed by atoms with Gasteiger partial charge in [0.25, 0.3) is 0 Å². The SMILES string of the molecule is CCOc1ccccc1C(=O)OOOC(=O)OCC(C)C. The fraction of sp³-hybridized carbons (Fsp3) is 0.429. The van der Waals surface area contributed by atoms with Crippen LogP contribution >= 0.6 is 0 Å². The Bertz CT molecular complexity index is 470. The third-order valence-electron chi connectivity index (χ3n) is 2.15. The zero-order valence-corrected chi connectivity index (χ0v) is 12.2. The van der Waals surface area contributed by atoms with Crippen molar-refractivity contribution in [2.24, 2.45) is 5.92 Å². The Hall–Kier alpha value is -2.28. The zero-order chi connectivity index (χ0) is 15.7. The molecule has 0 unspecified atom stereocenters. The van der Waals surface area contributed by atoms with Gasteiger partial charge in [-0.05, 0) is 25.0 Å². The van der Waals surface area contributed by atoms with Gasteiger partial charge in [-0.15, -0.1) is 0 Å². The summed E-state index contributed by atoms with van der Waals surface area (Å²) in [6.07, 6.45) is -1.09. The van der Waals surface area contributed by atoms with E-state index in [1.165, 1.54) is 6.07 Å². The molecule has 1 rings (SSSR count). The Morgan fingerprint density at radius 3 is 2.52 bits per heavy atom. The van der Waals surface area contributed by atoms with Crippen LogP contribution in [0.25, 0.3) is 0 Å². The molecular formula is C14H18O7. The van der Waals surface area contributed by atoms with Crippen LogP contribution in [0.5, 0.6) is 5.75 Å². The minimum atomic E-state index is -1.09. The molecule has 0 aliphatic heterocycles. The van der Waals surface area contributed by atoms with Crippen LogP contribution in [0.2, 0.25) is 0 Å². The molecule has 0 fully saturated rings. The molecule has 1 aromatic rings. The van der Waals surface area contributed by atoms with Crippen molar-refractivity contribution >= 4 is 12.1 Å². The normalized spacial score (nSPS) is 10.1. The number of hydrogen-bond acceptors (Lipinski definition) is 7. The Morgan fingerprint density at radius 1 is 1.14 bits per heavy atom. The summed E-state index contributed by atoms with van der Waals surface area (Å²) in [6, 6.07) is 6.45. The van der Waals surface area contributed by atoms with E-state index in [1.807, 2.05) is 13.8 Å². The van der Waals surface area contributed by atoms with Gasteiger partial charge in [0.15, 0.2) is 0 Å². The Labute approximate surface area is 122 Å². The zero-order valence-electron chi connectivity index (χ0n) is 12.2. The summed E-state index contributed by atoms with van der Waals surface area (Å²) in [7, 11) is 0. The summed E-state index contributed by atoms with van der Waals surface area (Å²) < 4.78 is 9.91. The van der Waals surface area contributed by atoms with Crippen LogP contribution < -0.4 is 4.74 Å². The fourth-order valence-electron chi connectivity index (χ4n) is 1.30. The molecule has 0 heterocycles. The molecular weight excluding hydrogens is 280 g/mol. The van der Waals surface area contributed by atoms with Crippen molar-refractivity contribution in [1.29, 1.82) is 0 Å². The lowest BCUT2D eigenvalue weighted by atomic mass is 10.2. The lowest BCUT2D eigenvalue weighted by Gasteiger charge is -2.08. The van der Waals surface area contributed by atoms with Crippen LogP contribution in [0, 0.1) is 5.92 Å². The van der Waals surface area contributed by atoms with Crippen LogP contribution in [0.4, 0.5) is 4.79 Å². The van der Waals surface area contributed by atoms with Crippen molar-refractivity contribution in [3.8, 4) is 5.75 Å². The summed E-state index contributed by atoms with van der Waals surface area (Å²) in [4.78, 5) is 31.3. The van der Waals surface area contributed by atoms with Gasteiger partial charge in [0, 0.05) is 0 Å². The molecule has 0 aliphatic carbocycles. The van der Waals surface area contributed by atoms with E-state index in [9.17, 15) is 9.59 Å². The highest BCUT2D eigenvalue weighted by Gasteiger charge is 2.16. The van der Waals surface area contributed by atoms with E-state index in [2.05, 4.69) is 19.6 Å². The highest BCUT2D eigenvalue weighted by Crippen LogP contribution is 2.18. The second-order valence-electron chi connectivity index (χ2n) is 4.41. The Balaban J connectivity index is 2.42. The van der Waals surface area contributed by atoms with E-state index in [4.69, 9.17) is 4.74 Å². The average molecular weight is 298 g/mol. The number of benzene rings is 1. The third-order valence-corrected chi connectivity index (χ3v) is 2.15. The number of hydrogen-bond donors (Lipinski definition) is 0. The quantitative estimate of drug-likeness (QED) is 0.435. The summed E-state index contributed by atoms with van der Waals surface area (Å²) in [6.45, 7) is 6.07. The molecule has 7 nitrogen and oxygen atoms in total. The Kier molecular flexibility index (Phi) is 7.03. The first-order valence-electron chi connectivity index (χ1n) is 6.48. The maximum absolute atomic E-state index is 11.7. The van der Waals surface area contributed by atoms with Crippen LogP contribution in [0.15, 0.2) is 24.3 Å². The van der Waals surface area contributed by atoms with Gasteiger partial charge in [-0.25, -0.2) is 14.5 Å². The predicted molar refractivity (Wildman–Crippen MR) is 71.4 cm³/mol. The largest absolute Gasteiger partial charge is 0.543 e. The molecule has 7 heteroatoms. The van der Waals surface area contributed by atoms with Crippen molar-refractivity contribution in [1.82, 2.24) is 0 Å². The molecule has 0 saturated heterocycles. The molecule has 0 bridgehead atoms. The second kappa shape index (κ2) is 8.80. The van der Waals surface area contributed by atoms with E-state index in [-0.39, 0.29) is 18.1 Å².